The third-order valence-electron chi connectivity index (χ3n) is 5.02. The van der Waals surface area contributed by atoms with Gasteiger partial charge in [0.1, 0.15) is 13.9 Å². The lowest BCUT2D eigenvalue weighted by atomic mass is 10.2. The Hall–Kier alpha value is -2.16. The van der Waals surface area contributed by atoms with Crippen LogP contribution < -0.4 is 10.4 Å². The normalized spacial score (nSPS) is 12.3. The number of hydrogen-bond donors (Lipinski definition) is 0. The summed E-state index contributed by atoms with van der Waals surface area (Å²) in [5.74, 6) is 3.83. The summed E-state index contributed by atoms with van der Waals surface area (Å²) in [7, 11) is -3.71. The van der Waals surface area contributed by atoms with E-state index in [0.29, 0.717) is 6.42 Å². The van der Waals surface area contributed by atoms with Crippen molar-refractivity contribution in [2.75, 3.05) is 0 Å². The second-order valence-electron chi connectivity index (χ2n) is 8.09. The van der Waals surface area contributed by atoms with Crippen LogP contribution in [0.1, 0.15) is 19.8 Å². The maximum absolute atomic E-state index is 11.4. The first-order valence-electron chi connectivity index (χ1n) is 9.58. The largest absolute Gasteiger partial charge is 0.300 e. The van der Waals surface area contributed by atoms with Crippen molar-refractivity contribution in [3.8, 4) is 11.5 Å². The molecule has 3 heteroatoms. The minimum Gasteiger partial charge on any atom is -0.300 e. The highest BCUT2D eigenvalue weighted by Gasteiger charge is 2.28. The zero-order valence-electron chi connectivity index (χ0n) is 17.2. The molecule has 1 nitrogen and oxygen atoms in total. The fourth-order valence-electron chi connectivity index (χ4n) is 3.04. The summed E-state index contributed by atoms with van der Waals surface area (Å²) < 4.78 is 0. The van der Waals surface area contributed by atoms with Crippen LogP contribution in [0.25, 0.3) is 0 Å². The molecule has 0 heterocycles. The lowest BCUT2D eigenvalue weighted by molar-refractivity contribution is -0.116. The Bertz CT molecular complexity index is 854. The maximum Gasteiger partial charge on any atom is 0.163 e. The smallest absolute Gasteiger partial charge is 0.163 e. The van der Waals surface area contributed by atoms with Crippen LogP contribution in [0, 0.1) is 11.5 Å². The zero-order valence-corrected chi connectivity index (χ0v) is 19.2. The van der Waals surface area contributed by atoms with Crippen LogP contribution in [-0.4, -0.2) is 21.9 Å². The molecule has 0 saturated carbocycles. The van der Waals surface area contributed by atoms with Gasteiger partial charge in [0, 0.05) is 6.42 Å². The van der Waals surface area contributed by atoms with Gasteiger partial charge in [0.25, 0.3) is 0 Å². The lowest BCUT2D eigenvalue weighted by Gasteiger charge is -2.24. The first-order valence-corrected chi connectivity index (χ1v) is 15.6. The second-order valence-corrected chi connectivity index (χ2v) is 16.5. The Morgan fingerprint density at radius 1 is 0.889 bits per heavy atom. The summed E-state index contributed by atoms with van der Waals surface area (Å²) in [6.45, 7) is 11.0. The van der Waals surface area contributed by atoms with Gasteiger partial charge in [-0.15, -0.1) is 5.54 Å². The summed E-state index contributed by atoms with van der Waals surface area (Å²) in [5.41, 5.74) is 3.66. The van der Waals surface area contributed by atoms with Crippen LogP contribution in [0.5, 0.6) is 0 Å². The van der Waals surface area contributed by atoms with Gasteiger partial charge < -0.3 is 4.79 Å². The molecule has 0 aliphatic heterocycles. The summed E-state index contributed by atoms with van der Waals surface area (Å²) in [5, 5.41) is 3.98. The lowest BCUT2D eigenvalue weighted by Crippen LogP contribution is -2.44. The molecule has 0 unspecified atom stereocenters. The molecular weight excluding hydrogens is 360 g/mol. The third-order valence-corrected chi connectivity index (χ3v) is 11.0. The quantitative estimate of drug-likeness (QED) is 0.520. The van der Waals surface area contributed by atoms with Gasteiger partial charge in [-0.2, -0.15) is 0 Å². The van der Waals surface area contributed by atoms with E-state index in [1.165, 1.54) is 15.6 Å². The Kier molecular flexibility index (Phi) is 7.18. The minimum atomic E-state index is -1.88. The predicted molar refractivity (Wildman–Crippen MR) is 123 cm³/mol. The predicted octanol–water partition coefficient (Wildman–Crippen LogP) is 4.60. The van der Waals surface area contributed by atoms with Gasteiger partial charge in [-0.3, -0.25) is 0 Å². The summed E-state index contributed by atoms with van der Waals surface area (Å²) >= 11 is 0. The molecule has 2 aromatic rings. The number of carbonyl (C=O) groups excluding carboxylic acids is 1. The minimum absolute atomic E-state index is 0.233. The molecule has 0 spiro atoms. The van der Waals surface area contributed by atoms with E-state index < -0.39 is 16.1 Å². The van der Waals surface area contributed by atoms with Crippen LogP contribution >= 0.6 is 0 Å². The van der Waals surface area contributed by atoms with Crippen LogP contribution in [0.3, 0.4) is 0 Å². The van der Waals surface area contributed by atoms with E-state index in [4.69, 9.17) is 0 Å². The molecule has 0 fully saturated rings. The maximum atomic E-state index is 11.4. The molecule has 0 atom stereocenters. The molecular formula is C24H30OSi2. The molecule has 0 aliphatic carbocycles. The van der Waals surface area contributed by atoms with Gasteiger partial charge >= 0.3 is 0 Å². The number of rotatable bonds is 6. The summed E-state index contributed by atoms with van der Waals surface area (Å²) in [6, 6.07) is 21.3. The second kappa shape index (κ2) is 9.17. The van der Waals surface area contributed by atoms with Crippen molar-refractivity contribution in [1.29, 1.82) is 0 Å². The Labute approximate surface area is 166 Å². The van der Waals surface area contributed by atoms with Gasteiger partial charge in [-0.1, -0.05) is 104 Å². The monoisotopic (exact) mass is 390 g/mol. The van der Waals surface area contributed by atoms with Crippen LogP contribution in [0.4, 0.5) is 0 Å². The number of carbonyl (C=O) groups is 1. The average Bonchev–Trinajstić information content (AvgIpc) is 2.65. The summed E-state index contributed by atoms with van der Waals surface area (Å²) in [4.78, 5) is 11.4. The Balaban J connectivity index is 2.41. The van der Waals surface area contributed by atoms with Gasteiger partial charge in [0.15, 0.2) is 8.07 Å². The number of ketones is 1. The van der Waals surface area contributed by atoms with E-state index in [-0.39, 0.29) is 5.78 Å². The molecule has 0 aromatic heterocycles. The molecule has 0 saturated heterocycles. The zero-order chi connectivity index (χ0) is 19.9. The van der Waals surface area contributed by atoms with Gasteiger partial charge in [0.05, 0.1) is 0 Å². The van der Waals surface area contributed by atoms with Crippen molar-refractivity contribution in [3.05, 3.63) is 71.9 Å². The number of Topliss-reactive ketones (excluding diaryl/α,β-unsaturated/α-hetero) is 1. The van der Waals surface area contributed by atoms with Crippen molar-refractivity contribution in [3.63, 3.8) is 0 Å². The first-order chi connectivity index (χ1) is 12.7. The fourth-order valence-corrected chi connectivity index (χ4v) is 7.15. The topological polar surface area (TPSA) is 17.1 Å². The van der Waals surface area contributed by atoms with E-state index in [0.717, 1.165) is 6.42 Å². The van der Waals surface area contributed by atoms with E-state index in [1.54, 1.807) is 6.92 Å². The molecule has 0 bridgehead atoms. The van der Waals surface area contributed by atoms with Gasteiger partial charge in [0.2, 0.25) is 0 Å². The molecule has 2 rings (SSSR count). The van der Waals surface area contributed by atoms with Gasteiger partial charge in [-0.05, 0) is 23.7 Å². The number of benzene rings is 2. The Morgan fingerprint density at radius 2 is 1.41 bits per heavy atom. The van der Waals surface area contributed by atoms with Crippen LogP contribution in [-0.2, 0) is 4.79 Å². The molecule has 140 valence electrons. The van der Waals surface area contributed by atoms with Crippen molar-refractivity contribution < 1.29 is 4.79 Å². The molecule has 0 amide bonds. The van der Waals surface area contributed by atoms with Gasteiger partial charge in [-0.25, -0.2) is 0 Å². The van der Waals surface area contributed by atoms with E-state index >= 15 is 0 Å². The molecule has 2 aromatic carbocycles. The standard InChI is InChI=1S/C24H30OSi2/c1-21(25)13-12-18-24(27(4,5)23-16-10-7-11-17-23)19-20-26(2,3)22-14-8-6-9-15-22/h6-11,14-18H,12-13H2,1-5H3/b24-18-. The highest BCUT2D eigenvalue weighted by Crippen LogP contribution is 2.17. The third kappa shape index (κ3) is 5.92. The molecule has 0 aliphatic rings. The van der Waals surface area contributed by atoms with Crippen molar-refractivity contribution in [1.82, 2.24) is 0 Å². The number of allylic oxidation sites excluding steroid dienone is 2. The molecule has 0 radical (unpaired) electrons. The van der Waals surface area contributed by atoms with Crippen molar-refractivity contribution in [2.24, 2.45) is 0 Å². The number of hydrogen-bond acceptors (Lipinski definition) is 1. The van der Waals surface area contributed by atoms with Crippen molar-refractivity contribution >= 4 is 32.3 Å². The average molecular weight is 391 g/mol. The first kappa shape index (κ1) is 21.1. The molecule has 27 heavy (non-hydrogen) atoms. The van der Waals surface area contributed by atoms with Crippen molar-refractivity contribution in [2.45, 2.75) is 46.0 Å². The van der Waals surface area contributed by atoms with E-state index in [1.807, 2.05) is 0 Å². The van der Waals surface area contributed by atoms with E-state index in [9.17, 15) is 4.79 Å². The van der Waals surface area contributed by atoms with Crippen LogP contribution in [0.15, 0.2) is 71.9 Å². The SMILES string of the molecule is CC(=O)CC/C=C(/C#C[Si](C)(C)c1ccccc1)[Si](C)(C)c1ccccc1. The van der Waals surface area contributed by atoms with E-state index in [2.05, 4.69) is 104 Å². The fraction of sp³-hybridized carbons (Fsp3) is 0.292. The Morgan fingerprint density at radius 3 is 1.93 bits per heavy atom. The van der Waals surface area contributed by atoms with Crippen LogP contribution in [0.2, 0.25) is 26.2 Å². The highest BCUT2D eigenvalue weighted by molar-refractivity contribution is 6.98. The highest BCUT2D eigenvalue weighted by atomic mass is 28.3. The summed E-state index contributed by atoms with van der Waals surface area (Å²) in [6.07, 6.45) is 3.59. The molecule has 0 N–H and O–H groups in total.